The standard InChI is InChI=1S/C15H12Cl2INO/c1-9(16)11-4-2-3-5-14(11)19-15(20)12-8-10(17)6-7-13(12)18/h2-9H,1H3,(H,19,20). The SMILES string of the molecule is CC(Cl)c1ccccc1NC(=O)c1cc(Cl)ccc1I. The van der Waals surface area contributed by atoms with Gasteiger partial charge in [0.05, 0.1) is 10.9 Å². The number of nitrogens with one attached hydrogen (secondary N) is 1. The first-order chi connectivity index (χ1) is 9.49. The number of para-hydroxylation sites is 1. The maximum Gasteiger partial charge on any atom is 0.256 e. The van der Waals surface area contributed by atoms with E-state index in [4.69, 9.17) is 23.2 Å². The van der Waals surface area contributed by atoms with Crippen LogP contribution in [0.3, 0.4) is 0 Å². The summed E-state index contributed by atoms with van der Waals surface area (Å²) in [4.78, 5) is 12.3. The van der Waals surface area contributed by atoms with E-state index in [2.05, 4.69) is 27.9 Å². The van der Waals surface area contributed by atoms with Gasteiger partial charge < -0.3 is 5.32 Å². The van der Waals surface area contributed by atoms with E-state index in [0.29, 0.717) is 10.6 Å². The zero-order valence-electron chi connectivity index (χ0n) is 10.7. The van der Waals surface area contributed by atoms with Gasteiger partial charge in [0, 0.05) is 14.3 Å². The van der Waals surface area contributed by atoms with Crippen molar-refractivity contribution in [3.8, 4) is 0 Å². The van der Waals surface area contributed by atoms with Crippen LogP contribution in [0.2, 0.25) is 5.02 Å². The molecule has 2 aromatic carbocycles. The van der Waals surface area contributed by atoms with Crippen LogP contribution in [-0.2, 0) is 0 Å². The molecule has 0 aliphatic carbocycles. The molecule has 1 atom stereocenters. The number of anilines is 1. The second kappa shape index (κ2) is 6.78. The van der Waals surface area contributed by atoms with Crippen molar-refractivity contribution in [1.29, 1.82) is 0 Å². The summed E-state index contributed by atoms with van der Waals surface area (Å²) in [5.74, 6) is -0.193. The number of amides is 1. The predicted octanol–water partition coefficient (Wildman–Crippen LogP) is 5.50. The molecule has 1 N–H and O–H groups in total. The summed E-state index contributed by atoms with van der Waals surface area (Å²) in [6, 6.07) is 12.7. The van der Waals surface area contributed by atoms with Crippen molar-refractivity contribution in [3.05, 3.63) is 62.2 Å². The van der Waals surface area contributed by atoms with Crippen molar-refractivity contribution in [2.75, 3.05) is 5.32 Å². The van der Waals surface area contributed by atoms with Gasteiger partial charge in [-0.05, 0) is 59.3 Å². The summed E-state index contributed by atoms with van der Waals surface area (Å²) in [7, 11) is 0. The van der Waals surface area contributed by atoms with Crippen LogP contribution in [0, 0.1) is 3.57 Å². The van der Waals surface area contributed by atoms with Gasteiger partial charge in [0.2, 0.25) is 0 Å². The van der Waals surface area contributed by atoms with E-state index < -0.39 is 0 Å². The van der Waals surface area contributed by atoms with E-state index in [1.165, 1.54) is 0 Å². The number of hydrogen-bond acceptors (Lipinski definition) is 1. The molecule has 0 heterocycles. The Morgan fingerprint density at radius 1 is 1.25 bits per heavy atom. The van der Waals surface area contributed by atoms with Crippen molar-refractivity contribution in [1.82, 2.24) is 0 Å². The highest BCUT2D eigenvalue weighted by Gasteiger charge is 2.14. The molecular weight excluding hydrogens is 408 g/mol. The quantitative estimate of drug-likeness (QED) is 0.516. The Labute approximate surface area is 141 Å². The van der Waals surface area contributed by atoms with E-state index in [1.54, 1.807) is 12.1 Å². The normalized spacial score (nSPS) is 12.0. The molecular formula is C15H12Cl2INO. The third kappa shape index (κ3) is 3.65. The minimum atomic E-state index is -0.193. The van der Waals surface area contributed by atoms with Gasteiger partial charge in [-0.2, -0.15) is 0 Å². The van der Waals surface area contributed by atoms with Crippen LogP contribution >= 0.6 is 45.8 Å². The van der Waals surface area contributed by atoms with E-state index in [1.807, 2.05) is 37.3 Å². The molecule has 5 heteroatoms. The Morgan fingerprint density at radius 2 is 1.95 bits per heavy atom. The van der Waals surface area contributed by atoms with Crippen LogP contribution < -0.4 is 5.32 Å². The summed E-state index contributed by atoms with van der Waals surface area (Å²) in [6.07, 6.45) is 0. The van der Waals surface area contributed by atoms with E-state index in [-0.39, 0.29) is 11.3 Å². The summed E-state index contributed by atoms with van der Waals surface area (Å²) in [5, 5.41) is 3.25. The lowest BCUT2D eigenvalue weighted by atomic mass is 10.1. The Morgan fingerprint density at radius 3 is 2.65 bits per heavy atom. The summed E-state index contributed by atoms with van der Waals surface area (Å²) in [6.45, 7) is 1.87. The molecule has 2 aromatic rings. The van der Waals surface area contributed by atoms with E-state index >= 15 is 0 Å². The van der Waals surface area contributed by atoms with Crippen molar-refractivity contribution < 1.29 is 4.79 Å². The highest BCUT2D eigenvalue weighted by molar-refractivity contribution is 14.1. The zero-order valence-corrected chi connectivity index (χ0v) is 14.3. The van der Waals surface area contributed by atoms with Crippen LogP contribution in [-0.4, -0.2) is 5.91 Å². The molecule has 2 nitrogen and oxygen atoms in total. The molecule has 0 saturated carbocycles. The summed E-state index contributed by atoms with van der Waals surface area (Å²) >= 11 is 14.2. The molecule has 20 heavy (non-hydrogen) atoms. The largest absolute Gasteiger partial charge is 0.322 e. The lowest BCUT2D eigenvalue weighted by Crippen LogP contribution is -2.14. The van der Waals surface area contributed by atoms with Gasteiger partial charge in [-0.15, -0.1) is 11.6 Å². The molecule has 1 amide bonds. The van der Waals surface area contributed by atoms with Gasteiger partial charge in [0.25, 0.3) is 5.91 Å². The molecule has 0 aliphatic heterocycles. The monoisotopic (exact) mass is 419 g/mol. The number of rotatable bonds is 3. The molecule has 104 valence electrons. The van der Waals surface area contributed by atoms with Gasteiger partial charge in [0.15, 0.2) is 0 Å². The van der Waals surface area contributed by atoms with E-state index in [0.717, 1.165) is 14.8 Å². The third-order valence-electron chi connectivity index (χ3n) is 2.81. The molecule has 0 aliphatic rings. The number of carbonyl (C=O) groups is 1. The molecule has 0 fully saturated rings. The molecule has 0 radical (unpaired) electrons. The highest BCUT2D eigenvalue weighted by Crippen LogP contribution is 2.28. The lowest BCUT2D eigenvalue weighted by Gasteiger charge is -2.13. The summed E-state index contributed by atoms with van der Waals surface area (Å²) < 4.78 is 0.848. The average Bonchev–Trinajstić information content (AvgIpc) is 2.41. The van der Waals surface area contributed by atoms with Crippen LogP contribution in [0.5, 0.6) is 0 Å². The molecule has 2 rings (SSSR count). The van der Waals surface area contributed by atoms with Crippen molar-refractivity contribution in [2.45, 2.75) is 12.3 Å². The van der Waals surface area contributed by atoms with Crippen LogP contribution in [0.25, 0.3) is 0 Å². The van der Waals surface area contributed by atoms with Gasteiger partial charge in [-0.25, -0.2) is 0 Å². The van der Waals surface area contributed by atoms with Crippen LogP contribution in [0.1, 0.15) is 28.2 Å². The smallest absolute Gasteiger partial charge is 0.256 e. The number of benzene rings is 2. The summed E-state index contributed by atoms with van der Waals surface area (Å²) in [5.41, 5.74) is 2.16. The first-order valence-electron chi connectivity index (χ1n) is 5.98. The average molecular weight is 420 g/mol. The molecule has 0 spiro atoms. The number of alkyl halides is 1. The van der Waals surface area contributed by atoms with Gasteiger partial charge >= 0.3 is 0 Å². The Bertz CT molecular complexity index is 644. The molecule has 0 bridgehead atoms. The minimum Gasteiger partial charge on any atom is -0.322 e. The fourth-order valence-corrected chi connectivity index (χ4v) is 2.76. The third-order valence-corrected chi connectivity index (χ3v) is 4.22. The molecule has 0 saturated heterocycles. The Kier molecular flexibility index (Phi) is 5.29. The van der Waals surface area contributed by atoms with E-state index in [9.17, 15) is 4.79 Å². The Hall–Kier alpha value is -0.780. The second-order valence-corrected chi connectivity index (χ2v) is 6.53. The van der Waals surface area contributed by atoms with Gasteiger partial charge in [-0.3, -0.25) is 4.79 Å². The van der Waals surface area contributed by atoms with Gasteiger partial charge in [0.1, 0.15) is 0 Å². The maximum absolute atomic E-state index is 12.3. The van der Waals surface area contributed by atoms with Crippen LogP contribution in [0.15, 0.2) is 42.5 Å². The first-order valence-corrected chi connectivity index (χ1v) is 7.87. The van der Waals surface area contributed by atoms with Crippen LogP contribution in [0.4, 0.5) is 5.69 Å². The predicted molar refractivity (Wildman–Crippen MR) is 92.8 cm³/mol. The van der Waals surface area contributed by atoms with Gasteiger partial charge in [-0.1, -0.05) is 29.8 Å². The molecule has 1 unspecified atom stereocenters. The number of halogens is 3. The second-order valence-electron chi connectivity index (χ2n) is 4.28. The number of hydrogen-bond donors (Lipinski definition) is 1. The zero-order chi connectivity index (χ0) is 14.7. The topological polar surface area (TPSA) is 29.1 Å². The molecule has 0 aromatic heterocycles. The fourth-order valence-electron chi connectivity index (χ4n) is 1.82. The van der Waals surface area contributed by atoms with Crippen molar-refractivity contribution >= 4 is 57.4 Å². The first kappa shape index (κ1) is 15.6. The van der Waals surface area contributed by atoms with Crippen molar-refractivity contribution in [3.63, 3.8) is 0 Å². The lowest BCUT2D eigenvalue weighted by molar-refractivity contribution is 0.102. The maximum atomic E-state index is 12.3. The highest BCUT2D eigenvalue weighted by atomic mass is 127. The fraction of sp³-hybridized carbons (Fsp3) is 0.133. The Balaban J connectivity index is 2.31. The van der Waals surface area contributed by atoms with Crippen molar-refractivity contribution in [2.24, 2.45) is 0 Å². The minimum absolute atomic E-state index is 0.176. The number of carbonyl (C=O) groups excluding carboxylic acids is 1.